The predicted octanol–water partition coefficient (Wildman–Crippen LogP) is 3.82. The van der Waals surface area contributed by atoms with Gasteiger partial charge in [0.2, 0.25) is 0 Å². The van der Waals surface area contributed by atoms with Crippen molar-refractivity contribution in [3.8, 4) is 0 Å². The second-order valence-corrected chi connectivity index (χ2v) is 8.43. The van der Waals surface area contributed by atoms with E-state index in [1.54, 1.807) is 19.2 Å². The number of sulfone groups is 1. The SMILES string of the molecule is CC(c1ccc(S(C)(=O)=O)cc1)N(C)C(=O)c1cc(F)ccc1Br. The summed E-state index contributed by atoms with van der Waals surface area (Å²) in [6.07, 6.45) is 1.14. The molecule has 0 N–H and O–H groups in total. The van der Waals surface area contributed by atoms with Crippen molar-refractivity contribution < 1.29 is 17.6 Å². The molecule has 0 spiro atoms. The number of hydrogen-bond donors (Lipinski definition) is 0. The number of carbonyl (C=O) groups excluding carboxylic acids is 1. The van der Waals surface area contributed by atoms with Gasteiger partial charge in [-0.25, -0.2) is 12.8 Å². The van der Waals surface area contributed by atoms with E-state index in [2.05, 4.69) is 15.9 Å². The standard InChI is InChI=1S/C17H17BrFNO3S/c1-11(12-4-7-14(8-5-12)24(3,22)23)20(2)17(21)15-10-13(19)6-9-16(15)18/h4-11H,1-3H3. The summed E-state index contributed by atoms with van der Waals surface area (Å²) in [5.41, 5.74) is 1.02. The lowest BCUT2D eigenvalue weighted by atomic mass is 10.1. The minimum atomic E-state index is -3.26. The zero-order valence-corrected chi connectivity index (χ0v) is 15.9. The number of carbonyl (C=O) groups is 1. The van der Waals surface area contributed by atoms with Crippen LogP contribution in [-0.4, -0.2) is 32.5 Å². The van der Waals surface area contributed by atoms with E-state index in [1.165, 1.54) is 35.2 Å². The van der Waals surface area contributed by atoms with E-state index in [1.807, 2.05) is 6.92 Å². The summed E-state index contributed by atoms with van der Waals surface area (Å²) >= 11 is 3.26. The molecule has 7 heteroatoms. The normalized spacial score (nSPS) is 12.7. The maximum atomic E-state index is 13.4. The van der Waals surface area contributed by atoms with E-state index in [0.717, 1.165) is 11.8 Å². The van der Waals surface area contributed by atoms with E-state index >= 15 is 0 Å². The Morgan fingerprint density at radius 1 is 1.17 bits per heavy atom. The third-order valence-electron chi connectivity index (χ3n) is 3.85. The monoisotopic (exact) mass is 413 g/mol. The molecule has 0 aliphatic carbocycles. The first kappa shape index (κ1) is 18.6. The van der Waals surface area contributed by atoms with Crippen molar-refractivity contribution in [2.45, 2.75) is 17.9 Å². The van der Waals surface area contributed by atoms with Crippen molar-refractivity contribution in [3.05, 3.63) is 63.9 Å². The van der Waals surface area contributed by atoms with Crippen LogP contribution in [0.25, 0.3) is 0 Å². The molecule has 0 saturated heterocycles. The topological polar surface area (TPSA) is 54.5 Å². The second kappa shape index (κ2) is 7.03. The van der Waals surface area contributed by atoms with Gasteiger partial charge in [-0.2, -0.15) is 0 Å². The quantitative estimate of drug-likeness (QED) is 0.765. The van der Waals surface area contributed by atoms with Gasteiger partial charge in [-0.05, 0) is 58.7 Å². The largest absolute Gasteiger partial charge is 0.335 e. The molecule has 0 aromatic heterocycles. The summed E-state index contributed by atoms with van der Waals surface area (Å²) in [7, 11) is -1.64. The lowest BCUT2D eigenvalue weighted by Crippen LogP contribution is -2.30. The molecule has 0 saturated carbocycles. The molecule has 0 bridgehead atoms. The molecule has 24 heavy (non-hydrogen) atoms. The number of benzene rings is 2. The Labute approximate surface area is 149 Å². The molecule has 2 aromatic carbocycles. The van der Waals surface area contributed by atoms with E-state index in [-0.39, 0.29) is 22.4 Å². The Morgan fingerprint density at radius 3 is 2.29 bits per heavy atom. The van der Waals surface area contributed by atoms with Gasteiger partial charge in [-0.1, -0.05) is 12.1 Å². The fraction of sp³-hybridized carbons (Fsp3) is 0.235. The third-order valence-corrected chi connectivity index (χ3v) is 5.67. The fourth-order valence-corrected chi connectivity index (χ4v) is 3.29. The molecular formula is C17H17BrFNO3S. The van der Waals surface area contributed by atoms with Crippen molar-refractivity contribution in [2.24, 2.45) is 0 Å². The van der Waals surface area contributed by atoms with Crippen LogP contribution in [0.2, 0.25) is 0 Å². The van der Waals surface area contributed by atoms with E-state index in [9.17, 15) is 17.6 Å². The average molecular weight is 414 g/mol. The number of amides is 1. The molecule has 2 aromatic rings. The van der Waals surface area contributed by atoms with Gasteiger partial charge in [0.05, 0.1) is 16.5 Å². The molecule has 0 aliphatic heterocycles. The van der Waals surface area contributed by atoms with Gasteiger partial charge in [-0.15, -0.1) is 0 Å². The van der Waals surface area contributed by atoms with Gasteiger partial charge in [0, 0.05) is 17.8 Å². The van der Waals surface area contributed by atoms with Crippen molar-refractivity contribution in [1.29, 1.82) is 0 Å². The summed E-state index contributed by atoms with van der Waals surface area (Å²) in [6.45, 7) is 1.82. The highest BCUT2D eigenvalue weighted by Gasteiger charge is 2.21. The fourth-order valence-electron chi connectivity index (χ4n) is 2.24. The van der Waals surface area contributed by atoms with E-state index < -0.39 is 15.7 Å². The van der Waals surface area contributed by atoms with Crippen LogP contribution in [-0.2, 0) is 9.84 Å². The lowest BCUT2D eigenvalue weighted by molar-refractivity contribution is 0.0741. The summed E-state index contributed by atoms with van der Waals surface area (Å²) in [6, 6.07) is 10.0. The van der Waals surface area contributed by atoms with Gasteiger partial charge >= 0.3 is 0 Å². The number of halogens is 2. The molecule has 0 fully saturated rings. The first-order valence-corrected chi connectivity index (χ1v) is 9.82. The molecule has 128 valence electrons. The maximum absolute atomic E-state index is 13.4. The highest BCUT2D eigenvalue weighted by molar-refractivity contribution is 9.10. The van der Waals surface area contributed by atoms with Crippen LogP contribution in [0, 0.1) is 5.82 Å². The molecule has 0 heterocycles. The van der Waals surface area contributed by atoms with Crippen LogP contribution in [0.5, 0.6) is 0 Å². The first-order valence-electron chi connectivity index (χ1n) is 7.13. The van der Waals surface area contributed by atoms with Gasteiger partial charge in [-0.3, -0.25) is 4.79 Å². The molecule has 1 unspecified atom stereocenters. The van der Waals surface area contributed by atoms with Gasteiger partial charge in [0.1, 0.15) is 5.82 Å². The van der Waals surface area contributed by atoms with Crippen LogP contribution in [0.1, 0.15) is 28.9 Å². The Kier molecular flexibility index (Phi) is 5.45. The van der Waals surface area contributed by atoms with Crippen LogP contribution in [0.3, 0.4) is 0 Å². The van der Waals surface area contributed by atoms with Crippen molar-refractivity contribution in [2.75, 3.05) is 13.3 Å². The Morgan fingerprint density at radius 2 is 1.75 bits per heavy atom. The average Bonchev–Trinajstić information content (AvgIpc) is 2.54. The van der Waals surface area contributed by atoms with Crippen LogP contribution in [0.15, 0.2) is 51.8 Å². The number of nitrogens with zero attached hydrogens (tertiary/aromatic N) is 1. The maximum Gasteiger partial charge on any atom is 0.255 e. The minimum Gasteiger partial charge on any atom is -0.335 e. The van der Waals surface area contributed by atoms with Crippen molar-refractivity contribution >= 4 is 31.7 Å². The molecule has 0 radical (unpaired) electrons. The molecule has 1 amide bonds. The van der Waals surface area contributed by atoms with E-state index in [0.29, 0.717) is 4.47 Å². The van der Waals surface area contributed by atoms with E-state index in [4.69, 9.17) is 0 Å². The van der Waals surface area contributed by atoms with Crippen LogP contribution in [0.4, 0.5) is 4.39 Å². The molecule has 1 atom stereocenters. The summed E-state index contributed by atoms with van der Waals surface area (Å²) in [4.78, 5) is 14.3. The molecule has 2 rings (SSSR count). The van der Waals surface area contributed by atoms with Crippen molar-refractivity contribution in [3.63, 3.8) is 0 Å². The molecule has 0 aliphatic rings. The summed E-state index contributed by atoms with van der Waals surface area (Å²) < 4.78 is 36.9. The molecule has 4 nitrogen and oxygen atoms in total. The van der Waals surface area contributed by atoms with Crippen molar-refractivity contribution in [1.82, 2.24) is 4.90 Å². The van der Waals surface area contributed by atoms with Crippen LogP contribution >= 0.6 is 15.9 Å². The summed E-state index contributed by atoms with van der Waals surface area (Å²) in [5, 5.41) is 0. The predicted molar refractivity (Wildman–Crippen MR) is 94.2 cm³/mol. The summed E-state index contributed by atoms with van der Waals surface area (Å²) in [5.74, 6) is -0.818. The number of rotatable bonds is 4. The number of hydrogen-bond acceptors (Lipinski definition) is 3. The Hall–Kier alpha value is -1.73. The zero-order chi connectivity index (χ0) is 18.1. The van der Waals surface area contributed by atoms with Gasteiger partial charge in [0.25, 0.3) is 5.91 Å². The Balaban J connectivity index is 2.27. The highest BCUT2D eigenvalue weighted by atomic mass is 79.9. The smallest absolute Gasteiger partial charge is 0.255 e. The Bertz CT molecular complexity index is 866. The minimum absolute atomic E-state index is 0.223. The van der Waals surface area contributed by atoms with Crippen LogP contribution < -0.4 is 0 Å². The molecular weight excluding hydrogens is 397 g/mol. The van der Waals surface area contributed by atoms with Gasteiger partial charge < -0.3 is 4.90 Å². The van der Waals surface area contributed by atoms with Gasteiger partial charge in [0.15, 0.2) is 9.84 Å². The first-order chi connectivity index (χ1) is 11.1. The second-order valence-electron chi connectivity index (χ2n) is 5.56. The third kappa shape index (κ3) is 4.02. The lowest BCUT2D eigenvalue weighted by Gasteiger charge is -2.26. The zero-order valence-electron chi connectivity index (χ0n) is 13.5. The highest BCUT2D eigenvalue weighted by Crippen LogP contribution is 2.25.